The quantitative estimate of drug-likeness (QED) is 0.633. The van der Waals surface area contributed by atoms with Crippen molar-refractivity contribution in [1.29, 1.82) is 0 Å². The molecule has 16 heavy (non-hydrogen) atoms. The summed E-state index contributed by atoms with van der Waals surface area (Å²) in [5.74, 6) is 0. The molecule has 0 N–H and O–H groups in total. The second-order valence-electron chi connectivity index (χ2n) is 3.60. The summed E-state index contributed by atoms with van der Waals surface area (Å²) in [6.45, 7) is 0. The van der Waals surface area contributed by atoms with Gasteiger partial charge in [0.1, 0.15) is 0 Å². The summed E-state index contributed by atoms with van der Waals surface area (Å²) in [7, 11) is 0. The molecule has 0 aliphatic heterocycles. The predicted molar refractivity (Wildman–Crippen MR) is 69.6 cm³/mol. The van der Waals surface area contributed by atoms with Crippen LogP contribution in [-0.2, 0) is 0 Å². The SMILES string of the molecule is c1ccc(Sn2ccc3ccccc32)cc1. The molecular formula is C14H11NS. The van der Waals surface area contributed by atoms with Gasteiger partial charge in [-0.15, -0.1) is 0 Å². The average molecular weight is 225 g/mol. The Balaban J connectivity index is 2.01. The molecule has 0 spiro atoms. The summed E-state index contributed by atoms with van der Waals surface area (Å²) in [5, 5.41) is 1.28. The van der Waals surface area contributed by atoms with Crippen molar-refractivity contribution >= 4 is 22.9 Å². The zero-order valence-electron chi connectivity index (χ0n) is 8.71. The van der Waals surface area contributed by atoms with Gasteiger partial charge < -0.3 is 0 Å². The highest BCUT2D eigenvalue weighted by Crippen LogP contribution is 2.25. The first-order valence-corrected chi connectivity index (χ1v) is 6.00. The molecule has 0 bridgehead atoms. The van der Waals surface area contributed by atoms with Gasteiger partial charge in [0.05, 0.1) is 5.52 Å². The second kappa shape index (κ2) is 4.06. The Labute approximate surface area is 98.8 Å². The highest BCUT2D eigenvalue weighted by atomic mass is 32.2. The van der Waals surface area contributed by atoms with Crippen molar-refractivity contribution in [1.82, 2.24) is 3.97 Å². The molecule has 0 fully saturated rings. The van der Waals surface area contributed by atoms with E-state index in [2.05, 4.69) is 64.8 Å². The Morgan fingerprint density at radius 1 is 0.750 bits per heavy atom. The maximum absolute atomic E-state index is 2.20. The second-order valence-corrected chi connectivity index (χ2v) is 4.65. The highest BCUT2D eigenvalue weighted by molar-refractivity contribution is 7.98. The van der Waals surface area contributed by atoms with E-state index in [9.17, 15) is 0 Å². The molecule has 0 aliphatic carbocycles. The van der Waals surface area contributed by atoms with Gasteiger partial charge in [0.2, 0.25) is 0 Å². The Morgan fingerprint density at radius 2 is 1.50 bits per heavy atom. The minimum Gasteiger partial charge on any atom is -0.287 e. The zero-order chi connectivity index (χ0) is 10.8. The summed E-state index contributed by atoms with van der Waals surface area (Å²) in [5.41, 5.74) is 1.26. The number of hydrogen-bond donors (Lipinski definition) is 0. The summed E-state index contributed by atoms with van der Waals surface area (Å²) in [6, 6.07) is 21.0. The van der Waals surface area contributed by atoms with E-state index in [0.717, 1.165) is 0 Å². The first-order valence-electron chi connectivity index (χ1n) is 5.23. The standard InChI is InChI=1S/C14H11NS/c1-2-7-13(8-3-1)16-15-11-10-12-6-4-5-9-14(12)15/h1-11H. The van der Waals surface area contributed by atoms with E-state index in [4.69, 9.17) is 0 Å². The Morgan fingerprint density at radius 3 is 2.38 bits per heavy atom. The van der Waals surface area contributed by atoms with Crippen LogP contribution in [0.15, 0.2) is 71.8 Å². The van der Waals surface area contributed by atoms with Crippen molar-refractivity contribution in [3.8, 4) is 0 Å². The normalized spacial score (nSPS) is 10.8. The van der Waals surface area contributed by atoms with Crippen LogP contribution in [0.2, 0.25) is 0 Å². The molecule has 0 radical (unpaired) electrons. The van der Waals surface area contributed by atoms with Gasteiger partial charge in [-0.1, -0.05) is 36.4 Å². The number of para-hydroxylation sites is 1. The largest absolute Gasteiger partial charge is 0.287 e. The van der Waals surface area contributed by atoms with Gasteiger partial charge in [-0.2, -0.15) is 0 Å². The van der Waals surface area contributed by atoms with Crippen LogP contribution in [0.25, 0.3) is 10.9 Å². The van der Waals surface area contributed by atoms with Crippen molar-refractivity contribution in [2.24, 2.45) is 0 Å². The molecule has 2 heteroatoms. The Kier molecular flexibility index (Phi) is 2.43. The van der Waals surface area contributed by atoms with Crippen molar-refractivity contribution in [2.75, 3.05) is 0 Å². The number of rotatable bonds is 2. The van der Waals surface area contributed by atoms with E-state index in [1.807, 2.05) is 6.07 Å². The summed E-state index contributed by atoms with van der Waals surface area (Å²) in [6.07, 6.45) is 2.11. The summed E-state index contributed by atoms with van der Waals surface area (Å²) >= 11 is 1.74. The van der Waals surface area contributed by atoms with Crippen LogP contribution in [0, 0.1) is 0 Å². The van der Waals surface area contributed by atoms with Gasteiger partial charge in [0.25, 0.3) is 0 Å². The first kappa shape index (κ1) is 9.55. The third-order valence-corrected chi connectivity index (χ3v) is 3.51. The lowest BCUT2D eigenvalue weighted by atomic mass is 10.3. The van der Waals surface area contributed by atoms with E-state index < -0.39 is 0 Å². The van der Waals surface area contributed by atoms with Crippen LogP contribution in [0.1, 0.15) is 0 Å². The minimum absolute atomic E-state index is 1.25. The predicted octanol–water partition coefficient (Wildman–Crippen LogP) is 4.20. The van der Waals surface area contributed by atoms with Crippen LogP contribution in [0.5, 0.6) is 0 Å². The van der Waals surface area contributed by atoms with E-state index in [-0.39, 0.29) is 0 Å². The van der Waals surface area contributed by atoms with E-state index in [1.54, 1.807) is 11.9 Å². The van der Waals surface area contributed by atoms with Gasteiger partial charge in [-0.3, -0.25) is 3.97 Å². The Hall–Kier alpha value is -1.67. The van der Waals surface area contributed by atoms with Crippen molar-refractivity contribution in [2.45, 2.75) is 4.90 Å². The van der Waals surface area contributed by atoms with Crippen molar-refractivity contribution in [3.05, 3.63) is 66.9 Å². The molecule has 1 aromatic heterocycles. The maximum Gasteiger partial charge on any atom is 0.0594 e. The number of nitrogens with zero attached hydrogens (tertiary/aromatic N) is 1. The smallest absolute Gasteiger partial charge is 0.0594 e. The van der Waals surface area contributed by atoms with Crippen molar-refractivity contribution in [3.63, 3.8) is 0 Å². The summed E-state index contributed by atoms with van der Waals surface area (Å²) < 4.78 is 2.20. The molecule has 0 saturated carbocycles. The van der Waals surface area contributed by atoms with E-state index in [0.29, 0.717) is 0 Å². The molecule has 1 nitrogen and oxygen atoms in total. The third-order valence-electron chi connectivity index (χ3n) is 2.51. The maximum atomic E-state index is 2.20. The Bertz CT molecular complexity index is 598. The lowest BCUT2D eigenvalue weighted by molar-refractivity contribution is 1.32. The molecule has 3 rings (SSSR count). The molecular weight excluding hydrogens is 214 g/mol. The van der Waals surface area contributed by atoms with Crippen molar-refractivity contribution < 1.29 is 0 Å². The molecule has 2 aromatic carbocycles. The fourth-order valence-electron chi connectivity index (χ4n) is 1.73. The van der Waals surface area contributed by atoms with E-state index in [1.165, 1.54) is 15.8 Å². The number of aromatic nitrogens is 1. The molecule has 0 saturated heterocycles. The van der Waals surface area contributed by atoms with Crippen LogP contribution in [-0.4, -0.2) is 3.97 Å². The van der Waals surface area contributed by atoms with Gasteiger partial charge in [-0.25, -0.2) is 0 Å². The van der Waals surface area contributed by atoms with Gasteiger partial charge in [-0.05, 0) is 36.2 Å². The number of hydrogen-bond acceptors (Lipinski definition) is 1. The van der Waals surface area contributed by atoms with Crippen LogP contribution < -0.4 is 0 Å². The minimum atomic E-state index is 1.25. The summed E-state index contributed by atoms with van der Waals surface area (Å²) in [4.78, 5) is 1.25. The zero-order valence-corrected chi connectivity index (χ0v) is 9.52. The third kappa shape index (κ3) is 1.72. The van der Waals surface area contributed by atoms with E-state index >= 15 is 0 Å². The first-order chi connectivity index (χ1) is 7.93. The molecule has 3 aromatic rings. The lowest BCUT2D eigenvalue weighted by Gasteiger charge is -2.03. The van der Waals surface area contributed by atoms with Crippen LogP contribution in [0.4, 0.5) is 0 Å². The van der Waals surface area contributed by atoms with Gasteiger partial charge in [0, 0.05) is 16.5 Å². The lowest BCUT2D eigenvalue weighted by Crippen LogP contribution is -1.83. The molecule has 78 valence electrons. The van der Waals surface area contributed by atoms with Crippen LogP contribution in [0.3, 0.4) is 0 Å². The molecule has 1 heterocycles. The van der Waals surface area contributed by atoms with Gasteiger partial charge in [0.15, 0.2) is 0 Å². The number of benzene rings is 2. The van der Waals surface area contributed by atoms with Gasteiger partial charge >= 0.3 is 0 Å². The fraction of sp³-hybridized carbons (Fsp3) is 0. The highest BCUT2D eigenvalue weighted by Gasteiger charge is 2.00. The average Bonchev–Trinajstić information content (AvgIpc) is 2.74. The molecule has 0 amide bonds. The fourth-order valence-corrected chi connectivity index (χ4v) is 2.62. The van der Waals surface area contributed by atoms with Crippen LogP contribution >= 0.6 is 11.9 Å². The number of fused-ring (bicyclic) bond motifs is 1. The molecule has 0 unspecified atom stereocenters. The molecule has 0 aliphatic rings. The monoisotopic (exact) mass is 225 g/mol. The topological polar surface area (TPSA) is 4.93 Å². The molecule has 0 atom stereocenters.